The van der Waals surface area contributed by atoms with Crippen LogP contribution in [0.4, 0.5) is 8.78 Å². The lowest BCUT2D eigenvalue weighted by Gasteiger charge is -2.48. The van der Waals surface area contributed by atoms with Gasteiger partial charge in [-0.2, -0.15) is 10.2 Å². The standard InChI is InChI=1S/C42H52FN5O3.C40H50FN5O2/c1-32(49)46-39(27-34-14-20-40(21-15-34)51-28-35-8-4-2-5-9-35)19-16-36(26-33-12-17-38(43)18-13-33)41(50)47-24-22-42(23-25-47,29-48-31-44-30-45-48)37-10-6-3-7-11-37;41-36-16-11-31(12-17-36)25-34(15-18-37(42)26-32-13-19-38(20-14-32)48-27-33-7-3-1-4-8-33)39(47)45-23-21-40(22-24-45,28-46-30-43-29-44-46)35-9-5-2-6-10-35/h2,4-5,8-9,12-15,17-18,20-21,30-31,36-37,39H,3,6-7,10-11,16,19,22-29H2,1H3,(H,46,49);1,3-4,7-8,11-14,16-17,19-20,29-30,34-35,37H,2,5-6,9-10,15,18,21-28,42H2/t36-,39+;34-,37+/m11/s1. The lowest BCUT2D eigenvalue weighted by Crippen LogP contribution is -2.50. The zero-order valence-electron chi connectivity index (χ0n) is 58.0. The number of halogens is 2. The molecule has 4 aliphatic rings. The van der Waals surface area contributed by atoms with Gasteiger partial charge in [0.15, 0.2) is 0 Å². The number of hydrogen-bond acceptors (Lipinski definition) is 10. The Balaban J connectivity index is 0.000000200. The molecule has 0 radical (unpaired) electrons. The second kappa shape index (κ2) is 36.0. The molecule has 2 aromatic heterocycles. The highest BCUT2D eigenvalue weighted by Crippen LogP contribution is 2.49. The van der Waals surface area contributed by atoms with E-state index in [1.807, 2.05) is 107 Å². The van der Waals surface area contributed by atoms with Crippen molar-refractivity contribution in [3.05, 3.63) is 228 Å². The molecule has 4 fully saturated rings. The van der Waals surface area contributed by atoms with Crippen LogP contribution in [0.3, 0.4) is 0 Å². The molecule has 0 bridgehead atoms. The smallest absolute Gasteiger partial charge is 0.226 e. The van der Waals surface area contributed by atoms with Gasteiger partial charge in [-0.15, -0.1) is 0 Å². The van der Waals surface area contributed by atoms with E-state index in [2.05, 4.69) is 59.5 Å². The molecule has 99 heavy (non-hydrogen) atoms. The number of benzene rings is 6. The van der Waals surface area contributed by atoms with Crippen molar-refractivity contribution < 1.29 is 32.6 Å². The number of hydrogen-bond donors (Lipinski definition) is 2. The first-order valence-corrected chi connectivity index (χ1v) is 36.6. The van der Waals surface area contributed by atoms with E-state index in [0.29, 0.717) is 63.6 Å². The number of rotatable bonds is 29. The fourth-order valence-corrected chi connectivity index (χ4v) is 16.3. The number of nitrogens with zero attached hydrogens (tertiary/aromatic N) is 8. The number of aromatic nitrogens is 6. The third-order valence-corrected chi connectivity index (χ3v) is 21.9. The summed E-state index contributed by atoms with van der Waals surface area (Å²) in [5.74, 6) is 2.14. The molecule has 2 saturated carbocycles. The Kier molecular flexibility index (Phi) is 26.1. The van der Waals surface area contributed by atoms with Crippen molar-refractivity contribution in [1.29, 1.82) is 0 Å². The number of amides is 3. The van der Waals surface area contributed by atoms with Gasteiger partial charge in [0.2, 0.25) is 17.7 Å². The Morgan fingerprint density at radius 1 is 0.485 bits per heavy atom. The van der Waals surface area contributed by atoms with Gasteiger partial charge in [0.05, 0.1) is 0 Å². The van der Waals surface area contributed by atoms with Gasteiger partial charge < -0.3 is 30.3 Å². The first-order chi connectivity index (χ1) is 48.3. The maximum Gasteiger partial charge on any atom is 0.226 e. The molecule has 0 spiro atoms. The third kappa shape index (κ3) is 21.2. The minimum Gasteiger partial charge on any atom is -0.489 e. The normalized spacial score (nSPS) is 17.7. The van der Waals surface area contributed by atoms with E-state index in [1.54, 1.807) is 43.8 Å². The first-order valence-electron chi connectivity index (χ1n) is 36.6. The van der Waals surface area contributed by atoms with E-state index in [0.717, 1.165) is 123 Å². The summed E-state index contributed by atoms with van der Waals surface area (Å²) in [5.41, 5.74) is 13.3. The number of piperidine rings is 2. The molecule has 8 aromatic rings. The van der Waals surface area contributed by atoms with Gasteiger partial charge in [0.25, 0.3) is 0 Å². The van der Waals surface area contributed by atoms with Gasteiger partial charge in [-0.25, -0.2) is 18.7 Å². The molecule has 2 aliphatic heterocycles. The van der Waals surface area contributed by atoms with Gasteiger partial charge in [0.1, 0.15) is 61.7 Å². The second-order valence-corrected chi connectivity index (χ2v) is 28.8. The summed E-state index contributed by atoms with van der Waals surface area (Å²) in [4.78, 5) is 53.5. The first kappa shape index (κ1) is 71.7. The van der Waals surface area contributed by atoms with Gasteiger partial charge in [0, 0.05) is 70.1 Å². The quantitative estimate of drug-likeness (QED) is 0.0459. The van der Waals surface area contributed by atoms with E-state index < -0.39 is 0 Å². The summed E-state index contributed by atoms with van der Waals surface area (Å²) in [6.45, 7) is 7.24. The van der Waals surface area contributed by atoms with Crippen molar-refractivity contribution in [2.24, 2.45) is 40.2 Å². The van der Waals surface area contributed by atoms with Crippen LogP contribution in [0.5, 0.6) is 11.5 Å². The molecular formula is C82H102F2N10O5. The lowest BCUT2D eigenvalue weighted by atomic mass is 9.63. The van der Waals surface area contributed by atoms with Crippen LogP contribution in [0.15, 0.2) is 183 Å². The largest absolute Gasteiger partial charge is 0.489 e. The molecule has 524 valence electrons. The van der Waals surface area contributed by atoms with Gasteiger partial charge >= 0.3 is 0 Å². The van der Waals surface area contributed by atoms with E-state index in [-0.39, 0.29) is 64.1 Å². The Morgan fingerprint density at radius 2 is 0.869 bits per heavy atom. The Hall–Kier alpha value is -8.57. The van der Waals surface area contributed by atoms with E-state index >= 15 is 0 Å². The number of carbonyl (C=O) groups excluding carboxylic acids is 3. The molecule has 12 rings (SSSR count). The molecule has 3 amide bonds. The maximum atomic E-state index is 14.4. The van der Waals surface area contributed by atoms with Crippen molar-refractivity contribution >= 4 is 17.7 Å². The lowest BCUT2D eigenvalue weighted by molar-refractivity contribution is -0.140. The van der Waals surface area contributed by atoms with Crippen molar-refractivity contribution in [3.63, 3.8) is 0 Å². The van der Waals surface area contributed by atoms with Crippen LogP contribution < -0.4 is 20.5 Å². The fourth-order valence-electron chi connectivity index (χ4n) is 16.3. The minimum atomic E-state index is -0.286. The zero-order chi connectivity index (χ0) is 68.7. The molecular weight excluding hydrogens is 1240 g/mol. The average molecular weight is 1350 g/mol. The van der Waals surface area contributed by atoms with Crippen LogP contribution >= 0.6 is 0 Å². The highest BCUT2D eigenvalue weighted by Gasteiger charge is 2.45. The Labute approximate surface area is 584 Å². The van der Waals surface area contributed by atoms with Gasteiger partial charge in [-0.3, -0.25) is 23.7 Å². The number of nitrogens with two attached hydrogens (primary N) is 1. The van der Waals surface area contributed by atoms with Crippen LogP contribution in [-0.4, -0.2) is 95.3 Å². The van der Waals surface area contributed by atoms with Crippen molar-refractivity contribution in [2.75, 3.05) is 26.2 Å². The highest BCUT2D eigenvalue weighted by atomic mass is 19.1. The van der Waals surface area contributed by atoms with Crippen molar-refractivity contribution in [2.45, 2.75) is 187 Å². The van der Waals surface area contributed by atoms with Gasteiger partial charge in [-0.1, -0.05) is 148 Å². The molecule has 3 N–H and O–H groups in total. The summed E-state index contributed by atoms with van der Waals surface area (Å²) >= 11 is 0. The number of ether oxygens (including phenoxy) is 2. The SMILES string of the molecule is CC(=O)N[C@@H](CC[C@H](Cc1ccc(F)cc1)C(=O)N1CCC(Cn2cncn2)(C2CCCCC2)CC1)Cc1ccc(OCc2ccccc2)cc1.N[C@@H](CC[C@H](Cc1ccc(F)cc1)C(=O)N1CCC(Cn2cncn2)(C2CCCCC2)CC1)Cc1ccc(OCc2ccccc2)cc1. The maximum absolute atomic E-state index is 14.4. The third-order valence-electron chi connectivity index (χ3n) is 21.9. The zero-order valence-corrected chi connectivity index (χ0v) is 58.0. The van der Waals surface area contributed by atoms with E-state index in [4.69, 9.17) is 15.2 Å². The fraction of sp³-hybridized carbons (Fsp3) is 0.476. The predicted molar refractivity (Wildman–Crippen MR) is 383 cm³/mol. The summed E-state index contributed by atoms with van der Waals surface area (Å²) in [7, 11) is 0. The summed E-state index contributed by atoms with van der Waals surface area (Å²) < 4.78 is 43.5. The monoisotopic (exact) mass is 1340 g/mol. The van der Waals surface area contributed by atoms with E-state index in [1.165, 1.54) is 88.5 Å². The van der Waals surface area contributed by atoms with Gasteiger partial charge in [-0.05, 0) is 207 Å². The van der Waals surface area contributed by atoms with Crippen LogP contribution in [-0.2, 0) is 66.4 Å². The summed E-state index contributed by atoms with van der Waals surface area (Å²) in [5, 5.41) is 12.1. The molecule has 4 atom stereocenters. The van der Waals surface area contributed by atoms with E-state index in [9.17, 15) is 23.2 Å². The average Bonchev–Trinajstić information content (AvgIpc) is 1.47. The van der Waals surface area contributed by atoms with Crippen LogP contribution in [0.1, 0.15) is 156 Å². The van der Waals surface area contributed by atoms with Crippen molar-refractivity contribution in [3.8, 4) is 11.5 Å². The second-order valence-electron chi connectivity index (χ2n) is 28.8. The summed E-state index contributed by atoms with van der Waals surface area (Å²) in [6, 6.07) is 49.2. The molecule has 2 saturated heterocycles. The number of carbonyl (C=O) groups is 3. The predicted octanol–water partition coefficient (Wildman–Crippen LogP) is 15.0. The topological polar surface area (TPSA) is 176 Å². The summed E-state index contributed by atoms with van der Waals surface area (Å²) in [6.07, 6.45) is 28.7. The highest BCUT2D eigenvalue weighted by molar-refractivity contribution is 5.80. The molecule has 6 aromatic carbocycles. The van der Waals surface area contributed by atoms with Crippen LogP contribution in [0.25, 0.3) is 0 Å². The Bertz CT molecular complexity index is 3670. The number of nitrogens with one attached hydrogen (secondary N) is 1. The van der Waals surface area contributed by atoms with Crippen LogP contribution in [0, 0.1) is 46.1 Å². The Morgan fingerprint density at radius 3 is 1.26 bits per heavy atom. The van der Waals surface area contributed by atoms with Crippen LogP contribution in [0.2, 0.25) is 0 Å². The molecule has 15 nitrogen and oxygen atoms in total. The van der Waals surface area contributed by atoms with Crippen molar-refractivity contribution in [1.82, 2.24) is 44.6 Å². The molecule has 2 aliphatic carbocycles. The molecule has 17 heteroatoms. The molecule has 4 heterocycles. The minimum absolute atomic E-state index is 0.0763. The number of likely N-dealkylation sites (tertiary alicyclic amines) is 2. The molecule has 0 unspecified atom stereocenters.